The van der Waals surface area contributed by atoms with Crippen LogP contribution in [0.1, 0.15) is 39.5 Å². The lowest BCUT2D eigenvalue weighted by Crippen LogP contribution is -2.36. The smallest absolute Gasteiger partial charge is 0.232 e. The summed E-state index contributed by atoms with van der Waals surface area (Å²) in [6, 6.07) is 8.58. The predicted molar refractivity (Wildman–Crippen MR) is 136 cm³/mol. The van der Waals surface area contributed by atoms with Gasteiger partial charge in [0, 0.05) is 45.6 Å². The largest absolute Gasteiger partial charge is 0.369 e. The Morgan fingerprint density at radius 1 is 1.28 bits per heavy atom. The number of carbonyl (C=O) groups is 1. The van der Waals surface area contributed by atoms with Gasteiger partial charge in [-0.1, -0.05) is 6.92 Å². The van der Waals surface area contributed by atoms with Crippen molar-refractivity contribution in [2.75, 3.05) is 36.1 Å². The highest BCUT2D eigenvalue weighted by molar-refractivity contribution is 8.00. The van der Waals surface area contributed by atoms with Crippen molar-refractivity contribution in [1.82, 2.24) is 9.71 Å². The van der Waals surface area contributed by atoms with Gasteiger partial charge in [0.2, 0.25) is 5.91 Å². The van der Waals surface area contributed by atoms with Gasteiger partial charge in [-0.2, -0.15) is 11.8 Å². The fourth-order valence-electron chi connectivity index (χ4n) is 4.40. The van der Waals surface area contributed by atoms with Gasteiger partial charge in [-0.3, -0.25) is 9.52 Å². The second kappa shape index (κ2) is 8.38. The van der Waals surface area contributed by atoms with E-state index in [9.17, 15) is 4.79 Å². The molecule has 4 aliphatic rings. The zero-order chi connectivity index (χ0) is 22.5. The van der Waals surface area contributed by atoms with E-state index in [0.29, 0.717) is 17.0 Å². The summed E-state index contributed by atoms with van der Waals surface area (Å²) in [5.41, 5.74) is 6.95. The number of hydrogen-bond acceptors (Lipinski definition) is 7. The molecule has 6 rings (SSSR count). The van der Waals surface area contributed by atoms with Crippen LogP contribution in [0.2, 0.25) is 0 Å². The number of benzene rings is 1. The fraction of sp³-hybridized carbons (Fsp3) is 0.583. The minimum Gasteiger partial charge on any atom is -0.369 e. The van der Waals surface area contributed by atoms with Crippen molar-refractivity contribution in [1.29, 1.82) is 0 Å². The van der Waals surface area contributed by atoms with E-state index in [1.54, 1.807) is 11.9 Å². The molecule has 6 nitrogen and oxygen atoms in total. The highest BCUT2D eigenvalue weighted by Crippen LogP contribution is 2.75. The normalized spacial score (nSPS) is 28.9. The lowest BCUT2D eigenvalue weighted by molar-refractivity contribution is -0.119. The number of rotatable bonds is 6. The van der Waals surface area contributed by atoms with E-state index >= 15 is 0 Å². The molecule has 0 spiro atoms. The maximum Gasteiger partial charge on any atom is 0.232 e. The zero-order valence-electron chi connectivity index (χ0n) is 19.1. The van der Waals surface area contributed by atoms with E-state index < -0.39 is 0 Å². The van der Waals surface area contributed by atoms with Crippen LogP contribution in [-0.2, 0) is 4.79 Å². The van der Waals surface area contributed by atoms with E-state index in [2.05, 4.69) is 52.7 Å². The molecular formula is C24H33N5OS2. The Morgan fingerprint density at radius 2 is 2.03 bits per heavy atom. The van der Waals surface area contributed by atoms with Crippen LogP contribution >= 0.6 is 23.7 Å². The molecule has 1 aromatic heterocycles. The molecule has 1 atom stereocenters. The van der Waals surface area contributed by atoms with Crippen molar-refractivity contribution < 1.29 is 4.79 Å². The Morgan fingerprint density at radius 3 is 2.69 bits per heavy atom. The van der Waals surface area contributed by atoms with Gasteiger partial charge in [0.05, 0.1) is 10.9 Å². The number of fused-ring (bicyclic) bond motifs is 2. The third-order valence-corrected chi connectivity index (χ3v) is 9.33. The molecule has 3 aliphatic carbocycles. The number of hydrogen-bond donors (Lipinski definition) is 3. The van der Waals surface area contributed by atoms with Crippen molar-refractivity contribution in [2.45, 2.75) is 55.2 Å². The summed E-state index contributed by atoms with van der Waals surface area (Å²) in [5, 5.41) is 4.88. The molecule has 32 heavy (non-hydrogen) atoms. The lowest BCUT2D eigenvalue weighted by Gasteiger charge is -2.33. The van der Waals surface area contributed by atoms with Crippen LogP contribution in [0.15, 0.2) is 29.2 Å². The van der Waals surface area contributed by atoms with Crippen molar-refractivity contribution in [3.63, 3.8) is 0 Å². The molecule has 1 amide bonds. The molecule has 0 radical (unpaired) electrons. The Hall–Kier alpha value is -1.48. The second-order valence-electron chi connectivity index (χ2n) is 9.81. The first-order chi connectivity index (χ1) is 15.4. The van der Waals surface area contributed by atoms with Crippen molar-refractivity contribution in [3.05, 3.63) is 24.3 Å². The first-order valence-corrected chi connectivity index (χ1v) is 13.5. The molecule has 172 valence electrons. The van der Waals surface area contributed by atoms with Gasteiger partial charge in [-0.25, -0.2) is 4.98 Å². The van der Waals surface area contributed by atoms with E-state index in [0.717, 1.165) is 37.2 Å². The van der Waals surface area contributed by atoms with E-state index in [1.807, 2.05) is 17.8 Å². The third kappa shape index (κ3) is 4.34. The van der Waals surface area contributed by atoms with Gasteiger partial charge in [-0.15, -0.1) is 0 Å². The number of carbonyl (C=O) groups excluding carboxylic acids is 1. The highest BCUT2D eigenvalue weighted by Gasteiger charge is 2.74. The standard InChI is InChI=1S/C23H28N4OS2.CH5N/c1-14-13-27(7-8-29-14)19-10-16(30-26-22(2)5-6-22)9-18-17(19)3-4-20(24-18)25-21(28)23-11-15(23)12-23;1-2/h3-4,9-10,14-15,26H,5-8,11-13H2,1-2H3,(H,24,25,28);2H2,1H3. The first kappa shape index (κ1) is 22.3. The molecule has 2 heterocycles. The number of nitrogens with one attached hydrogen (secondary N) is 2. The van der Waals surface area contributed by atoms with Gasteiger partial charge in [0.1, 0.15) is 5.82 Å². The van der Waals surface area contributed by atoms with Crippen LogP contribution in [0.4, 0.5) is 11.5 Å². The van der Waals surface area contributed by atoms with Crippen LogP contribution in [-0.4, -0.2) is 47.6 Å². The summed E-state index contributed by atoms with van der Waals surface area (Å²) in [6.45, 7) is 6.70. The predicted octanol–water partition coefficient (Wildman–Crippen LogP) is 4.25. The van der Waals surface area contributed by atoms with E-state index in [4.69, 9.17) is 4.98 Å². The van der Waals surface area contributed by atoms with Crippen LogP contribution in [0, 0.1) is 11.3 Å². The number of nitrogens with zero attached hydrogens (tertiary/aromatic N) is 2. The molecule has 1 aromatic carbocycles. The quantitative estimate of drug-likeness (QED) is 0.543. The molecular weight excluding hydrogens is 438 g/mol. The molecule has 0 bridgehead atoms. The second-order valence-corrected chi connectivity index (χ2v) is 12.2. The summed E-state index contributed by atoms with van der Waals surface area (Å²) >= 11 is 3.76. The topological polar surface area (TPSA) is 83.3 Å². The van der Waals surface area contributed by atoms with Crippen LogP contribution < -0.4 is 20.7 Å². The van der Waals surface area contributed by atoms with Crippen molar-refractivity contribution in [3.8, 4) is 0 Å². The van der Waals surface area contributed by atoms with Gasteiger partial charge in [-0.05, 0) is 81.8 Å². The van der Waals surface area contributed by atoms with Crippen molar-refractivity contribution in [2.24, 2.45) is 17.1 Å². The number of amides is 1. The van der Waals surface area contributed by atoms with E-state index in [1.165, 1.54) is 35.9 Å². The average Bonchev–Trinajstić information content (AvgIpc) is 3.69. The molecule has 4 N–H and O–H groups in total. The first-order valence-electron chi connectivity index (χ1n) is 11.6. The molecule has 1 aliphatic heterocycles. The van der Waals surface area contributed by atoms with Crippen LogP contribution in [0.25, 0.3) is 10.9 Å². The molecule has 1 unspecified atom stereocenters. The minimum absolute atomic E-state index is 0.0370. The lowest BCUT2D eigenvalue weighted by atomic mass is 10.1. The average molecular weight is 472 g/mol. The molecule has 1 saturated heterocycles. The number of nitrogens with two attached hydrogens (primary N) is 1. The minimum atomic E-state index is -0.0370. The third-order valence-electron chi connectivity index (χ3n) is 7.13. The van der Waals surface area contributed by atoms with Crippen molar-refractivity contribution >= 4 is 52.0 Å². The zero-order valence-corrected chi connectivity index (χ0v) is 20.7. The summed E-state index contributed by atoms with van der Waals surface area (Å²) in [7, 11) is 1.50. The highest BCUT2D eigenvalue weighted by atomic mass is 32.2. The molecule has 4 fully saturated rings. The van der Waals surface area contributed by atoms with Gasteiger partial charge in [0.25, 0.3) is 0 Å². The molecule has 8 heteroatoms. The number of anilines is 2. The van der Waals surface area contributed by atoms with Gasteiger partial charge < -0.3 is 16.0 Å². The fourth-order valence-corrected chi connectivity index (χ4v) is 6.33. The molecule has 2 aromatic rings. The summed E-state index contributed by atoms with van der Waals surface area (Å²) < 4.78 is 3.63. The Bertz CT molecular complexity index is 1030. The van der Waals surface area contributed by atoms with Gasteiger partial charge >= 0.3 is 0 Å². The number of thioether (sulfide) groups is 1. The SMILES string of the molecule is CC1CN(c2cc(SNC3(C)CC3)cc3nc(NC(=O)C45CC4C5)ccc23)CCS1.CN. The number of pyridine rings is 1. The Labute approximate surface area is 199 Å². The number of aromatic nitrogens is 1. The van der Waals surface area contributed by atoms with Crippen LogP contribution in [0.3, 0.4) is 0 Å². The maximum atomic E-state index is 12.5. The Kier molecular flexibility index (Phi) is 5.85. The summed E-state index contributed by atoms with van der Waals surface area (Å²) in [6.07, 6.45) is 4.59. The van der Waals surface area contributed by atoms with Gasteiger partial charge in [0.15, 0.2) is 0 Å². The maximum absolute atomic E-state index is 12.5. The summed E-state index contributed by atoms with van der Waals surface area (Å²) in [5.74, 6) is 2.63. The molecule has 3 saturated carbocycles. The van der Waals surface area contributed by atoms with E-state index in [-0.39, 0.29) is 16.9 Å². The van der Waals surface area contributed by atoms with Crippen LogP contribution in [0.5, 0.6) is 0 Å². The monoisotopic (exact) mass is 471 g/mol. The summed E-state index contributed by atoms with van der Waals surface area (Å²) in [4.78, 5) is 21.1. The Balaban J connectivity index is 0.00000105.